The zero-order valence-electron chi connectivity index (χ0n) is 15.5. The minimum Gasteiger partial charge on any atom is -0.353 e. The standard InChI is InChI=1S/C18H27N5OS/c1-5-6-7-11-15(4)19-16(24)12-25-18-20-21-22-23(18)17-13(2)9-8-10-14(17)3/h8-10,15H,5-7,11-12H2,1-4H3,(H,19,24). The molecule has 2 rings (SSSR count). The lowest BCUT2D eigenvalue weighted by molar-refractivity contribution is -0.119. The lowest BCUT2D eigenvalue weighted by atomic mass is 10.1. The van der Waals surface area contributed by atoms with Crippen molar-refractivity contribution in [2.75, 3.05) is 5.75 Å². The summed E-state index contributed by atoms with van der Waals surface area (Å²) in [4.78, 5) is 12.2. The molecule has 0 saturated heterocycles. The van der Waals surface area contributed by atoms with Crippen molar-refractivity contribution in [3.05, 3.63) is 29.3 Å². The molecule has 0 spiro atoms. The molecule has 0 aliphatic carbocycles. The molecule has 6 nitrogen and oxygen atoms in total. The van der Waals surface area contributed by atoms with Crippen LogP contribution in [0.3, 0.4) is 0 Å². The largest absolute Gasteiger partial charge is 0.353 e. The minimum atomic E-state index is 0.0186. The summed E-state index contributed by atoms with van der Waals surface area (Å²) >= 11 is 1.36. The van der Waals surface area contributed by atoms with Crippen molar-refractivity contribution in [3.8, 4) is 5.69 Å². The number of carbonyl (C=O) groups excluding carboxylic acids is 1. The van der Waals surface area contributed by atoms with E-state index >= 15 is 0 Å². The Labute approximate surface area is 153 Å². The van der Waals surface area contributed by atoms with Gasteiger partial charge in [-0.3, -0.25) is 4.79 Å². The first kappa shape index (κ1) is 19.4. The number of hydrogen-bond donors (Lipinski definition) is 1. The van der Waals surface area contributed by atoms with Gasteiger partial charge in [-0.2, -0.15) is 4.68 Å². The molecule has 0 aliphatic heterocycles. The van der Waals surface area contributed by atoms with E-state index in [0.29, 0.717) is 10.9 Å². The van der Waals surface area contributed by atoms with Crippen molar-refractivity contribution in [2.24, 2.45) is 0 Å². The molecule has 1 aromatic carbocycles. The maximum Gasteiger partial charge on any atom is 0.230 e. The topological polar surface area (TPSA) is 72.7 Å². The normalized spacial score (nSPS) is 12.2. The zero-order chi connectivity index (χ0) is 18.2. The molecular weight excluding hydrogens is 334 g/mol. The highest BCUT2D eigenvalue weighted by atomic mass is 32.2. The number of amides is 1. The van der Waals surface area contributed by atoms with Crippen molar-refractivity contribution in [1.29, 1.82) is 0 Å². The van der Waals surface area contributed by atoms with Crippen molar-refractivity contribution in [2.45, 2.75) is 64.6 Å². The Bertz CT molecular complexity index is 680. The van der Waals surface area contributed by atoms with Gasteiger partial charge in [0.1, 0.15) is 0 Å². The first-order valence-electron chi connectivity index (χ1n) is 8.80. The Morgan fingerprint density at radius 2 is 2.00 bits per heavy atom. The van der Waals surface area contributed by atoms with Gasteiger partial charge < -0.3 is 5.32 Å². The highest BCUT2D eigenvalue weighted by molar-refractivity contribution is 7.99. The second-order valence-corrected chi connectivity index (χ2v) is 7.31. The van der Waals surface area contributed by atoms with Crippen LogP contribution in [-0.4, -0.2) is 37.9 Å². The molecule has 1 N–H and O–H groups in total. The van der Waals surface area contributed by atoms with Crippen LogP contribution in [0.4, 0.5) is 0 Å². The van der Waals surface area contributed by atoms with Crippen molar-refractivity contribution in [3.63, 3.8) is 0 Å². The van der Waals surface area contributed by atoms with Crippen LogP contribution in [0.1, 0.15) is 50.7 Å². The highest BCUT2D eigenvalue weighted by Gasteiger charge is 2.15. The summed E-state index contributed by atoms with van der Waals surface area (Å²) in [5, 5.41) is 15.6. The molecule has 7 heteroatoms. The van der Waals surface area contributed by atoms with E-state index in [-0.39, 0.29) is 11.9 Å². The molecule has 25 heavy (non-hydrogen) atoms. The van der Waals surface area contributed by atoms with E-state index in [2.05, 4.69) is 34.7 Å². The number of thioether (sulfide) groups is 1. The molecule has 0 aliphatic rings. The molecule has 2 aromatic rings. The van der Waals surface area contributed by atoms with Crippen LogP contribution in [0.25, 0.3) is 5.69 Å². The van der Waals surface area contributed by atoms with E-state index in [1.807, 2.05) is 32.0 Å². The fourth-order valence-corrected chi connectivity index (χ4v) is 3.46. The summed E-state index contributed by atoms with van der Waals surface area (Å²) < 4.78 is 1.72. The summed E-state index contributed by atoms with van der Waals surface area (Å²) in [6, 6.07) is 6.28. The van der Waals surface area contributed by atoms with Gasteiger partial charge in [0.2, 0.25) is 11.1 Å². The van der Waals surface area contributed by atoms with E-state index in [1.54, 1.807) is 4.68 Å². The van der Waals surface area contributed by atoms with E-state index < -0.39 is 0 Å². The third kappa shape index (κ3) is 5.56. The molecule has 0 fully saturated rings. The third-order valence-corrected chi connectivity index (χ3v) is 4.99. The van der Waals surface area contributed by atoms with Gasteiger partial charge in [0.25, 0.3) is 0 Å². The summed E-state index contributed by atoms with van der Waals surface area (Å²) in [6.45, 7) is 8.30. The van der Waals surface area contributed by atoms with Gasteiger partial charge >= 0.3 is 0 Å². The van der Waals surface area contributed by atoms with Crippen LogP contribution in [0.15, 0.2) is 23.4 Å². The van der Waals surface area contributed by atoms with Crippen molar-refractivity contribution < 1.29 is 4.79 Å². The molecule has 1 atom stereocenters. The Morgan fingerprint density at radius 3 is 2.68 bits per heavy atom. The molecular formula is C18H27N5OS. The van der Waals surface area contributed by atoms with E-state index in [1.165, 1.54) is 24.6 Å². The smallest absolute Gasteiger partial charge is 0.230 e. The number of para-hydroxylation sites is 1. The molecule has 136 valence electrons. The van der Waals surface area contributed by atoms with E-state index in [0.717, 1.165) is 29.7 Å². The number of carbonyl (C=O) groups is 1. The SMILES string of the molecule is CCCCCC(C)NC(=O)CSc1nnnn1-c1c(C)cccc1C. The number of nitrogens with zero attached hydrogens (tertiary/aromatic N) is 4. The minimum absolute atomic E-state index is 0.0186. The predicted octanol–water partition coefficient (Wildman–Crippen LogP) is 3.46. The molecule has 1 unspecified atom stereocenters. The highest BCUT2D eigenvalue weighted by Crippen LogP contribution is 2.23. The Morgan fingerprint density at radius 1 is 1.28 bits per heavy atom. The number of nitrogens with one attached hydrogen (secondary N) is 1. The fraction of sp³-hybridized carbons (Fsp3) is 0.556. The number of aryl methyl sites for hydroxylation is 2. The first-order chi connectivity index (χ1) is 12.0. The molecule has 1 heterocycles. The lowest BCUT2D eigenvalue weighted by Gasteiger charge is -2.13. The molecule has 1 amide bonds. The van der Waals surface area contributed by atoms with Gasteiger partial charge in [-0.1, -0.05) is 56.1 Å². The second kappa shape index (κ2) is 9.56. The number of benzene rings is 1. The van der Waals surface area contributed by atoms with Crippen LogP contribution < -0.4 is 5.32 Å². The van der Waals surface area contributed by atoms with Gasteiger partial charge in [0, 0.05) is 6.04 Å². The summed E-state index contributed by atoms with van der Waals surface area (Å²) in [5.41, 5.74) is 3.18. The number of aromatic nitrogens is 4. The fourth-order valence-electron chi connectivity index (χ4n) is 2.77. The summed E-state index contributed by atoms with van der Waals surface area (Å²) in [5.74, 6) is 0.328. The molecule has 0 radical (unpaired) electrons. The zero-order valence-corrected chi connectivity index (χ0v) is 16.3. The van der Waals surface area contributed by atoms with Crippen LogP contribution >= 0.6 is 11.8 Å². The number of hydrogen-bond acceptors (Lipinski definition) is 5. The summed E-state index contributed by atoms with van der Waals surface area (Å²) in [6.07, 6.45) is 4.57. The Hall–Kier alpha value is -1.89. The predicted molar refractivity (Wildman–Crippen MR) is 101 cm³/mol. The van der Waals surface area contributed by atoms with Gasteiger partial charge in [0.05, 0.1) is 11.4 Å². The first-order valence-corrected chi connectivity index (χ1v) is 9.78. The van der Waals surface area contributed by atoms with E-state index in [9.17, 15) is 4.79 Å². The van der Waals surface area contributed by atoms with Crippen molar-refractivity contribution in [1.82, 2.24) is 25.5 Å². The molecule has 0 saturated carbocycles. The summed E-state index contributed by atoms with van der Waals surface area (Å²) in [7, 11) is 0. The lowest BCUT2D eigenvalue weighted by Crippen LogP contribution is -2.33. The van der Waals surface area contributed by atoms with Gasteiger partial charge in [-0.25, -0.2) is 0 Å². The maximum atomic E-state index is 12.2. The molecule has 0 bridgehead atoms. The quantitative estimate of drug-likeness (QED) is 0.547. The molecule has 1 aromatic heterocycles. The van der Waals surface area contributed by atoms with Gasteiger partial charge in [-0.15, -0.1) is 5.10 Å². The number of unbranched alkanes of at least 4 members (excludes halogenated alkanes) is 2. The van der Waals surface area contributed by atoms with Gasteiger partial charge in [0.15, 0.2) is 0 Å². The number of tetrazole rings is 1. The second-order valence-electron chi connectivity index (χ2n) is 6.37. The maximum absolute atomic E-state index is 12.2. The average molecular weight is 362 g/mol. The Balaban J connectivity index is 1.94. The van der Waals surface area contributed by atoms with Crippen LogP contribution in [0.5, 0.6) is 0 Å². The van der Waals surface area contributed by atoms with Gasteiger partial charge in [-0.05, 0) is 48.7 Å². The van der Waals surface area contributed by atoms with Crippen LogP contribution in [0.2, 0.25) is 0 Å². The van der Waals surface area contributed by atoms with Crippen LogP contribution in [0, 0.1) is 13.8 Å². The monoisotopic (exact) mass is 361 g/mol. The average Bonchev–Trinajstić information content (AvgIpc) is 3.01. The van der Waals surface area contributed by atoms with Crippen molar-refractivity contribution >= 4 is 17.7 Å². The van der Waals surface area contributed by atoms with Crippen LogP contribution in [-0.2, 0) is 4.79 Å². The Kier molecular flexibility index (Phi) is 7.43. The third-order valence-electron chi connectivity index (χ3n) is 4.07. The van der Waals surface area contributed by atoms with E-state index in [4.69, 9.17) is 0 Å². The number of rotatable bonds is 9.